The third-order valence-electron chi connectivity index (χ3n) is 4.66. The number of carbonyl (C=O) groups is 2. The Morgan fingerprint density at radius 1 is 0.778 bits per heavy atom. The van der Waals surface area contributed by atoms with Crippen molar-refractivity contribution in [3.8, 4) is 5.75 Å². The molecule has 0 unspecified atom stereocenters. The van der Waals surface area contributed by atoms with Crippen LogP contribution in [0.2, 0.25) is 0 Å². The number of carbonyl (C=O) groups excluding carboxylic acids is 2. The van der Waals surface area contributed by atoms with Gasteiger partial charge in [-0.1, -0.05) is 41.5 Å². The van der Waals surface area contributed by atoms with Gasteiger partial charge in [-0.25, -0.2) is 0 Å². The number of benzene rings is 2. The van der Waals surface area contributed by atoms with E-state index in [2.05, 4.69) is 48.5 Å². The Bertz CT molecular complexity index is 825. The molecule has 0 atom stereocenters. The van der Waals surface area contributed by atoms with Gasteiger partial charge in [0.05, 0.1) is 0 Å². The first kappa shape index (κ1) is 20.9. The molecule has 0 saturated carbocycles. The van der Waals surface area contributed by atoms with Crippen molar-refractivity contribution < 1.29 is 14.3 Å². The molecule has 0 radical (unpaired) electrons. The topological polar surface area (TPSA) is 43.4 Å². The van der Waals surface area contributed by atoms with E-state index in [1.165, 1.54) is 23.6 Å². The van der Waals surface area contributed by atoms with E-state index < -0.39 is 0 Å². The Morgan fingerprint density at radius 2 is 1.22 bits per heavy atom. The van der Waals surface area contributed by atoms with Gasteiger partial charge in [0.2, 0.25) is 0 Å². The molecule has 0 spiro atoms. The maximum Gasteiger partial charge on any atom is 0.308 e. The number of ether oxygens (including phenoxy) is 1. The predicted octanol–water partition coefficient (Wildman–Crippen LogP) is 5.75. The maximum atomic E-state index is 13.1. The summed E-state index contributed by atoms with van der Waals surface area (Å²) in [5.41, 5.74) is 4.78. The summed E-state index contributed by atoms with van der Waals surface area (Å²) in [6, 6.07) is 10.7. The minimum atomic E-state index is -0.378. The van der Waals surface area contributed by atoms with E-state index in [9.17, 15) is 9.59 Å². The highest BCUT2D eigenvalue weighted by Gasteiger charge is 2.26. The Morgan fingerprint density at radius 3 is 1.59 bits per heavy atom. The fourth-order valence-electron chi connectivity index (χ4n) is 3.41. The molecule has 27 heavy (non-hydrogen) atoms. The third kappa shape index (κ3) is 4.85. The van der Waals surface area contributed by atoms with Crippen LogP contribution >= 0.6 is 0 Å². The average Bonchev–Trinajstić information content (AvgIpc) is 2.52. The van der Waals surface area contributed by atoms with E-state index in [1.54, 1.807) is 24.3 Å². The molecule has 2 aromatic rings. The third-order valence-corrected chi connectivity index (χ3v) is 4.66. The molecule has 2 aromatic carbocycles. The van der Waals surface area contributed by atoms with Gasteiger partial charge in [0.1, 0.15) is 5.75 Å². The standard InChI is InChI=1S/C24H30O3/c1-15-20(23(3,4)5)13-18(14-21(15)24(6,7)8)22(26)17-9-11-19(12-10-17)27-16(2)25/h9-14H,1-8H3. The summed E-state index contributed by atoms with van der Waals surface area (Å²) in [4.78, 5) is 24.2. The van der Waals surface area contributed by atoms with Crippen LogP contribution in [-0.2, 0) is 15.6 Å². The molecular formula is C24H30O3. The van der Waals surface area contributed by atoms with Gasteiger partial charge in [-0.05, 0) is 70.8 Å². The van der Waals surface area contributed by atoms with Crippen LogP contribution in [0.4, 0.5) is 0 Å². The van der Waals surface area contributed by atoms with Crippen molar-refractivity contribution >= 4 is 11.8 Å². The Hall–Kier alpha value is -2.42. The summed E-state index contributed by atoms with van der Waals surface area (Å²) in [5.74, 6) is 0.0336. The minimum Gasteiger partial charge on any atom is -0.427 e. The molecule has 2 rings (SSSR count). The second kappa shape index (κ2) is 7.30. The summed E-state index contributed by atoms with van der Waals surface area (Å²) in [7, 11) is 0. The van der Waals surface area contributed by atoms with Gasteiger partial charge in [0.15, 0.2) is 5.78 Å². The number of esters is 1. The van der Waals surface area contributed by atoms with Crippen LogP contribution in [-0.4, -0.2) is 11.8 Å². The Labute approximate surface area is 162 Å². The van der Waals surface area contributed by atoms with Crippen LogP contribution in [0.3, 0.4) is 0 Å². The summed E-state index contributed by atoms with van der Waals surface area (Å²) in [5, 5.41) is 0. The summed E-state index contributed by atoms with van der Waals surface area (Å²) < 4.78 is 5.05. The molecule has 0 aromatic heterocycles. The smallest absolute Gasteiger partial charge is 0.308 e. The van der Waals surface area contributed by atoms with Gasteiger partial charge in [0, 0.05) is 18.1 Å². The van der Waals surface area contributed by atoms with Gasteiger partial charge in [-0.15, -0.1) is 0 Å². The van der Waals surface area contributed by atoms with Crippen LogP contribution in [0, 0.1) is 6.92 Å². The molecule has 144 valence electrons. The molecule has 3 nitrogen and oxygen atoms in total. The highest BCUT2D eigenvalue weighted by atomic mass is 16.5. The maximum absolute atomic E-state index is 13.1. The molecule has 0 aliphatic rings. The van der Waals surface area contributed by atoms with E-state index in [0.29, 0.717) is 16.9 Å². The fraction of sp³-hybridized carbons (Fsp3) is 0.417. The zero-order chi connectivity index (χ0) is 20.6. The first-order valence-corrected chi connectivity index (χ1v) is 9.29. The van der Waals surface area contributed by atoms with Crippen molar-refractivity contribution in [2.24, 2.45) is 0 Å². The lowest BCUT2D eigenvalue weighted by atomic mass is 9.75. The second-order valence-corrected chi connectivity index (χ2v) is 9.14. The molecule has 0 aliphatic carbocycles. The summed E-state index contributed by atoms with van der Waals surface area (Å²) in [6.07, 6.45) is 0. The fourth-order valence-corrected chi connectivity index (χ4v) is 3.41. The van der Waals surface area contributed by atoms with Crippen LogP contribution in [0.25, 0.3) is 0 Å². The minimum absolute atomic E-state index is 0.0274. The lowest BCUT2D eigenvalue weighted by Crippen LogP contribution is -2.21. The van der Waals surface area contributed by atoms with Crippen molar-refractivity contribution in [2.75, 3.05) is 0 Å². The van der Waals surface area contributed by atoms with E-state index in [0.717, 1.165) is 0 Å². The lowest BCUT2D eigenvalue weighted by Gasteiger charge is -2.29. The van der Waals surface area contributed by atoms with Gasteiger partial charge >= 0.3 is 5.97 Å². The SMILES string of the molecule is CC(=O)Oc1ccc(C(=O)c2cc(C(C)(C)C)c(C)c(C(C)(C)C)c2)cc1. The molecule has 0 aliphatic heterocycles. The van der Waals surface area contributed by atoms with Crippen molar-refractivity contribution in [3.63, 3.8) is 0 Å². The first-order chi connectivity index (χ1) is 12.3. The Kier molecular flexibility index (Phi) is 5.65. The van der Waals surface area contributed by atoms with E-state index >= 15 is 0 Å². The molecule has 0 fully saturated rings. The summed E-state index contributed by atoms with van der Waals surface area (Å²) in [6.45, 7) is 16.5. The molecule has 0 amide bonds. The number of hydrogen-bond donors (Lipinski definition) is 0. The van der Waals surface area contributed by atoms with Gasteiger partial charge in [0.25, 0.3) is 0 Å². The average molecular weight is 367 g/mol. The monoisotopic (exact) mass is 366 g/mol. The van der Waals surface area contributed by atoms with E-state index in [1.807, 2.05) is 12.1 Å². The molecule has 3 heteroatoms. The van der Waals surface area contributed by atoms with Crippen LogP contribution in [0.15, 0.2) is 36.4 Å². The van der Waals surface area contributed by atoms with Crippen molar-refractivity contribution in [1.29, 1.82) is 0 Å². The molecule has 0 heterocycles. The van der Waals surface area contributed by atoms with E-state index in [-0.39, 0.29) is 22.6 Å². The number of hydrogen-bond acceptors (Lipinski definition) is 3. The molecule has 0 saturated heterocycles. The highest BCUT2D eigenvalue weighted by molar-refractivity contribution is 6.09. The van der Waals surface area contributed by atoms with Gasteiger partial charge < -0.3 is 4.74 Å². The predicted molar refractivity (Wildman–Crippen MR) is 110 cm³/mol. The quantitative estimate of drug-likeness (QED) is 0.395. The lowest BCUT2D eigenvalue weighted by molar-refractivity contribution is -0.131. The second-order valence-electron chi connectivity index (χ2n) is 9.14. The number of rotatable bonds is 3. The van der Waals surface area contributed by atoms with E-state index in [4.69, 9.17) is 4.74 Å². The van der Waals surface area contributed by atoms with Crippen LogP contribution in [0.1, 0.15) is 81.1 Å². The van der Waals surface area contributed by atoms with Gasteiger partial charge in [-0.3, -0.25) is 9.59 Å². The molecular weight excluding hydrogens is 336 g/mol. The van der Waals surface area contributed by atoms with Gasteiger partial charge in [-0.2, -0.15) is 0 Å². The number of ketones is 1. The zero-order valence-electron chi connectivity index (χ0n) is 17.7. The Balaban J connectivity index is 2.54. The zero-order valence-corrected chi connectivity index (χ0v) is 17.7. The summed E-state index contributed by atoms with van der Waals surface area (Å²) >= 11 is 0. The van der Waals surface area contributed by atoms with Crippen molar-refractivity contribution in [2.45, 2.75) is 66.2 Å². The van der Waals surface area contributed by atoms with Crippen LogP contribution in [0.5, 0.6) is 5.75 Å². The largest absolute Gasteiger partial charge is 0.427 e. The van der Waals surface area contributed by atoms with Crippen molar-refractivity contribution in [3.05, 3.63) is 64.2 Å². The van der Waals surface area contributed by atoms with Crippen molar-refractivity contribution in [1.82, 2.24) is 0 Å². The first-order valence-electron chi connectivity index (χ1n) is 9.29. The highest BCUT2D eigenvalue weighted by Crippen LogP contribution is 2.35. The molecule has 0 N–H and O–H groups in total. The normalized spacial score (nSPS) is 12.0. The van der Waals surface area contributed by atoms with Crippen LogP contribution < -0.4 is 4.74 Å². The molecule has 0 bridgehead atoms.